The second kappa shape index (κ2) is 7.84. The van der Waals surface area contributed by atoms with E-state index in [1.807, 2.05) is 19.9 Å². The van der Waals surface area contributed by atoms with Crippen LogP contribution in [-0.4, -0.2) is 29.0 Å². The molecule has 0 bridgehead atoms. The van der Waals surface area contributed by atoms with Gasteiger partial charge in [-0.25, -0.2) is 4.90 Å². The fourth-order valence-corrected chi connectivity index (χ4v) is 3.99. The zero-order valence-electron chi connectivity index (χ0n) is 15.3. The van der Waals surface area contributed by atoms with Crippen molar-refractivity contribution in [2.45, 2.75) is 26.1 Å². The van der Waals surface area contributed by atoms with E-state index in [0.29, 0.717) is 23.7 Å². The maximum atomic E-state index is 13.0. The molecule has 0 spiro atoms. The number of carbonyl (C=O) groups excluding carboxylic acids is 3. The van der Waals surface area contributed by atoms with Crippen LogP contribution in [0.15, 0.2) is 48.5 Å². The van der Waals surface area contributed by atoms with Crippen LogP contribution in [0.1, 0.15) is 19.4 Å². The number of hydrogen-bond donors (Lipinski definition) is 0. The van der Waals surface area contributed by atoms with Gasteiger partial charge in [-0.3, -0.25) is 19.3 Å². The lowest BCUT2D eigenvalue weighted by Crippen LogP contribution is -2.44. The van der Waals surface area contributed by atoms with E-state index < -0.39 is 16.5 Å². The largest absolute Gasteiger partial charge is 0.494 e. The average molecular weight is 384 g/mol. The summed E-state index contributed by atoms with van der Waals surface area (Å²) in [4.78, 5) is 40.3. The Morgan fingerprint density at radius 2 is 1.89 bits per heavy atom. The van der Waals surface area contributed by atoms with Gasteiger partial charge in [0.2, 0.25) is 5.91 Å². The second-order valence-electron chi connectivity index (χ2n) is 6.06. The zero-order valence-corrected chi connectivity index (χ0v) is 16.2. The lowest BCUT2D eigenvalue weighted by molar-refractivity contribution is -0.121. The Kier molecular flexibility index (Phi) is 5.51. The minimum atomic E-state index is -0.937. The number of thioether (sulfide) groups is 1. The van der Waals surface area contributed by atoms with Crippen LogP contribution in [0.2, 0.25) is 0 Å². The van der Waals surface area contributed by atoms with Gasteiger partial charge >= 0.3 is 0 Å². The molecular formula is C20H20N2O4S. The summed E-state index contributed by atoms with van der Waals surface area (Å²) < 4.78 is 5.41. The monoisotopic (exact) mass is 384 g/mol. The highest BCUT2D eigenvalue weighted by atomic mass is 32.2. The van der Waals surface area contributed by atoms with Crippen molar-refractivity contribution in [3.05, 3.63) is 54.1 Å². The standard InChI is InChI=1S/C20H20N2O4S/c1-4-26-17-10-8-15(9-11-17)21(14(3)23)19-18(24)22(20(25)27-19)16-7-5-6-13(2)12-16/h5-12,19H,4H2,1-3H3/t19-/m0/s1. The average Bonchev–Trinajstić information content (AvgIpc) is 2.91. The minimum Gasteiger partial charge on any atom is -0.494 e. The third-order valence-corrected chi connectivity index (χ3v) is 5.11. The van der Waals surface area contributed by atoms with Gasteiger partial charge in [0.15, 0.2) is 5.37 Å². The number of rotatable bonds is 5. The van der Waals surface area contributed by atoms with Gasteiger partial charge in [-0.05, 0) is 67.6 Å². The van der Waals surface area contributed by atoms with Gasteiger partial charge in [0, 0.05) is 12.6 Å². The van der Waals surface area contributed by atoms with Crippen LogP contribution in [0.3, 0.4) is 0 Å². The maximum Gasteiger partial charge on any atom is 0.295 e. The van der Waals surface area contributed by atoms with Gasteiger partial charge in [-0.2, -0.15) is 0 Å². The van der Waals surface area contributed by atoms with Crippen molar-refractivity contribution in [1.29, 1.82) is 0 Å². The molecule has 0 aromatic heterocycles. The molecule has 0 N–H and O–H groups in total. The Bertz CT molecular complexity index is 882. The number of nitrogens with zero attached hydrogens (tertiary/aromatic N) is 2. The molecule has 27 heavy (non-hydrogen) atoms. The smallest absolute Gasteiger partial charge is 0.295 e. The number of ether oxygens (including phenoxy) is 1. The molecule has 0 unspecified atom stereocenters. The molecule has 6 nitrogen and oxygen atoms in total. The Hall–Kier alpha value is -2.80. The molecule has 1 aliphatic rings. The van der Waals surface area contributed by atoms with Crippen molar-refractivity contribution in [2.24, 2.45) is 0 Å². The second-order valence-corrected chi connectivity index (χ2v) is 7.10. The van der Waals surface area contributed by atoms with E-state index in [0.717, 1.165) is 22.2 Å². The first-order valence-corrected chi connectivity index (χ1v) is 9.44. The summed E-state index contributed by atoms with van der Waals surface area (Å²) in [6.45, 7) is 5.69. The Morgan fingerprint density at radius 3 is 2.48 bits per heavy atom. The fourth-order valence-electron chi connectivity index (χ4n) is 2.91. The van der Waals surface area contributed by atoms with Crippen LogP contribution >= 0.6 is 11.8 Å². The van der Waals surface area contributed by atoms with Crippen LogP contribution in [0, 0.1) is 6.92 Å². The molecule has 140 valence electrons. The number of benzene rings is 2. The molecule has 3 rings (SSSR count). The van der Waals surface area contributed by atoms with Gasteiger partial charge in [-0.15, -0.1) is 0 Å². The highest BCUT2D eigenvalue weighted by Crippen LogP contribution is 2.36. The summed E-state index contributed by atoms with van der Waals surface area (Å²) in [6, 6.07) is 14.0. The van der Waals surface area contributed by atoms with Gasteiger partial charge in [0.25, 0.3) is 11.1 Å². The van der Waals surface area contributed by atoms with E-state index in [9.17, 15) is 14.4 Å². The number of hydrogen-bond acceptors (Lipinski definition) is 5. The number of amides is 3. The lowest BCUT2D eigenvalue weighted by Gasteiger charge is -2.25. The van der Waals surface area contributed by atoms with Gasteiger partial charge in [0.05, 0.1) is 12.3 Å². The predicted octanol–water partition coefficient (Wildman–Crippen LogP) is 3.97. The molecule has 1 fully saturated rings. The van der Waals surface area contributed by atoms with Crippen molar-refractivity contribution in [3.63, 3.8) is 0 Å². The molecule has 2 aromatic carbocycles. The van der Waals surface area contributed by atoms with Crippen LogP contribution in [-0.2, 0) is 9.59 Å². The zero-order chi connectivity index (χ0) is 19.6. The van der Waals surface area contributed by atoms with Crippen molar-refractivity contribution in [1.82, 2.24) is 0 Å². The van der Waals surface area contributed by atoms with E-state index in [-0.39, 0.29) is 5.91 Å². The Morgan fingerprint density at radius 1 is 1.19 bits per heavy atom. The third kappa shape index (κ3) is 3.83. The molecule has 1 atom stereocenters. The first-order valence-electron chi connectivity index (χ1n) is 8.56. The van der Waals surface area contributed by atoms with E-state index in [1.54, 1.807) is 42.5 Å². The molecule has 2 aromatic rings. The van der Waals surface area contributed by atoms with E-state index in [1.165, 1.54) is 11.8 Å². The first kappa shape index (κ1) is 19.0. The third-order valence-electron chi connectivity index (χ3n) is 4.09. The van der Waals surface area contributed by atoms with Gasteiger partial charge in [-0.1, -0.05) is 12.1 Å². The van der Waals surface area contributed by atoms with Crippen LogP contribution < -0.4 is 14.5 Å². The summed E-state index contributed by atoms with van der Waals surface area (Å²) in [6.07, 6.45) is 0. The molecule has 0 aliphatic carbocycles. The molecule has 7 heteroatoms. The van der Waals surface area contributed by atoms with Crippen molar-refractivity contribution in [2.75, 3.05) is 16.4 Å². The highest BCUT2D eigenvalue weighted by molar-refractivity contribution is 8.16. The maximum absolute atomic E-state index is 13.0. The molecule has 0 saturated carbocycles. The number of anilines is 2. The molecule has 1 heterocycles. The molecule has 3 amide bonds. The van der Waals surface area contributed by atoms with Gasteiger partial charge < -0.3 is 4.74 Å². The van der Waals surface area contributed by atoms with Crippen molar-refractivity contribution in [3.8, 4) is 5.75 Å². The molecule has 1 aliphatic heterocycles. The number of aryl methyl sites for hydroxylation is 1. The van der Waals surface area contributed by atoms with Crippen molar-refractivity contribution < 1.29 is 19.1 Å². The molecular weight excluding hydrogens is 364 g/mol. The van der Waals surface area contributed by atoms with Crippen LogP contribution in [0.5, 0.6) is 5.75 Å². The topological polar surface area (TPSA) is 66.9 Å². The summed E-state index contributed by atoms with van der Waals surface area (Å²) in [5.41, 5.74) is 1.99. The number of imide groups is 1. The van der Waals surface area contributed by atoms with E-state index in [4.69, 9.17) is 4.74 Å². The Balaban J connectivity index is 1.91. The van der Waals surface area contributed by atoms with E-state index >= 15 is 0 Å². The fraction of sp³-hybridized carbons (Fsp3) is 0.250. The first-order chi connectivity index (χ1) is 12.9. The predicted molar refractivity (Wildman–Crippen MR) is 106 cm³/mol. The molecule has 1 saturated heterocycles. The lowest BCUT2D eigenvalue weighted by atomic mass is 10.2. The molecule has 0 radical (unpaired) electrons. The highest BCUT2D eigenvalue weighted by Gasteiger charge is 2.45. The quantitative estimate of drug-likeness (QED) is 0.780. The van der Waals surface area contributed by atoms with Crippen LogP contribution in [0.25, 0.3) is 0 Å². The number of carbonyl (C=O) groups is 3. The summed E-state index contributed by atoms with van der Waals surface area (Å²) in [5, 5.41) is -1.33. The normalized spacial score (nSPS) is 16.6. The summed E-state index contributed by atoms with van der Waals surface area (Å²) in [7, 11) is 0. The van der Waals surface area contributed by atoms with E-state index in [2.05, 4.69) is 0 Å². The van der Waals surface area contributed by atoms with Crippen LogP contribution in [0.4, 0.5) is 16.2 Å². The van der Waals surface area contributed by atoms with Gasteiger partial charge in [0.1, 0.15) is 5.75 Å². The SMILES string of the molecule is CCOc1ccc(N(C(C)=O)[C@H]2SC(=O)N(c3cccc(C)c3)C2=O)cc1. The minimum absolute atomic E-state index is 0.316. The summed E-state index contributed by atoms with van der Waals surface area (Å²) >= 11 is 0.839. The summed E-state index contributed by atoms with van der Waals surface area (Å²) in [5.74, 6) is -0.0730. The van der Waals surface area contributed by atoms with Crippen molar-refractivity contribution >= 4 is 40.2 Å². The Labute approximate surface area is 162 Å².